The summed E-state index contributed by atoms with van der Waals surface area (Å²) in [6.07, 6.45) is 1.28. The second kappa shape index (κ2) is 7.01. The summed E-state index contributed by atoms with van der Waals surface area (Å²) in [6.45, 7) is 1.86. The minimum atomic E-state index is -4.50. The molecule has 0 aliphatic heterocycles. The molecular weight excluding hydrogens is 261 g/mol. The summed E-state index contributed by atoms with van der Waals surface area (Å²) in [5.41, 5.74) is 1.11. The van der Waals surface area contributed by atoms with E-state index in [1.165, 1.54) is 0 Å². The second-order valence-electron chi connectivity index (χ2n) is 4.13. The highest BCUT2D eigenvalue weighted by Gasteiger charge is 2.29. The topological polar surface area (TPSA) is 39.4 Å². The zero-order valence-corrected chi connectivity index (χ0v) is 10.3. The van der Waals surface area contributed by atoms with E-state index in [-0.39, 0.29) is 5.57 Å². The van der Waals surface area contributed by atoms with Gasteiger partial charge >= 0.3 is 12.1 Å². The van der Waals surface area contributed by atoms with Crippen LogP contribution in [-0.4, -0.2) is 18.8 Å². The van der Waals surface area contributed by atoms with Crippen LogP contribution in [0.15, 0.2) is 35.2 Å². The fourth-order valence-corrected chi connectivity index (χ4v) is 1.45. The van der Waals surface area contributed by atoms with Crippen LogP contribution in [-0.2, 0) is 16.0 Å². The van der Waals surface area contributed by atoms with Gasteiger partial charge in [0.25, 0.3) is 0 Å². The van der Waals surface area contributed by atoms with E-state index in [0.717, 1.165) is 18.4 Å². The Morgan fingerprint density at radius 2 is 2.11 bits per heavy atom. The maximum atomic E-state index is 11.8. The van der Waals surface area contributed by atoms with Gasteiger partial charge in [0.05, 0.1) is 12.5 Å². The molecule has 3 nitrogen and oxygen atoms in total. The highest BCUT2D eigenvalue weighted by molar-refractivity contribution is 5.87. The molecule has 1 aromatic heterocycles. The Balaban J connectivity index is 2.14. The molecule has 0 saturated heterocycles. The minimum Gasteiger partial charge on any atom is -0.472 e. The zero-order chi connectivity index (χ0) is 14.3. The fraction of sp³-hybridized carbons (Fsp3) is 0.462. The van der Waals surface area contributed by atoms with E-state index in [9.17, 15) is 18.0 Å². The van der Waals surface area contributed by atoms with Gasteiger partial charge in [-0.05, 0) is 37.3 Å². The molecule has 19 heavy (non-hydrogen) atoms. The predicted octanol–water partition coefficient (Wildman–Crippen LogP) is 3.65. The monoisotopic (exact) mass is 276 g/mol. The normalized spacial score (nSPS) is 11.3. The molecule has 0 N–H and O–H groups in total. The Labute approximate surface area is 109 Å². The van der Waals surface area contributed by atoms with Crippen molar-refractivity contribution in [3.63, 3.8) is 0 Å². The molecule has 0 radical (unpaired) electrons. The molecular formula is C13H15F3O3. The van der Waals surface area contributed by atoms with Crippen molar-refractivity contribution in [1.82, 2.24) is 0 Å². The van der Waals surface area contributed by atoms with Gasteiger partial charge in [-0.3, -0.25) is 0 Å². The number of hydrogen-bond acceptors (Lipinski definition) is 3. The first-order valence-corrected chi connectivity index (χ1v) is 5.81. The lowest BCUT2D eigenvalue weighted by molar-refractivity contribution is -0.183. The number of halogens is 3. The van der Waals surface area contributed by atoms with Crippen LogP contribution in [0.1, 0.15) is 24.8 Å². The van der Waals surface area contributed by atoms with Crippen molar-refractivity contribution >= 4 is 5.97 Å². The molecule has 1 heterocycles. The lowest BCUT2D eigenvalue weighted by Crippen LogP contribution is -2.21. The van der Waals surface area contributed by atoms with Crippen LogP contribution in [0.3, 0.4) is 0 Å². The smallest absolute Gasteiger partial charge is 0.422 e. The van der Waals surface area contributed by atoms with Crippen LogP contribution in [0.4, 0.5) is 13.2 Å². The highest BCUT2D eigenvalue weighted by atomic mass is 19.4. The van der Waals surface area contributed by atoms with Crippen molar-refractivity contribution < 1.29 is 27.1 Å². The quantitative estimate of drug-likeness (QED) is 0.433. The molecule has 0 aromatic carbocycles. The Morgan fingerprint density at radius 3 is 2.68 bits per heavy atom. The minimum absolute atomic E-state index is 0.0662. The first-order chi connectivity index (χ1) is 8.88. The van der Waals surface area contributed by atoms with Crippen molar-refractivity contribution in [2.45, 2.75) is 31.9 Å². The van der Waals surface area contributed by atoms with Gasteiger partial charge in [-0.1, -0.05) is 6.58 Å². The zero-order valence-electron chi connectivity index (χ0n) is 10.3. The maximum Gasteiger partial charge on any atom is 0.422 e. The summed E-state index contributed by atoms with van der Waals surface area (Å²) in [4.78, 5) is 11.2. The van der Waals surface area contributed by atoms with Crippen molar-refractivity contribution in [2.75, 3.05) is 6.61 Å². The molecule has 0 bridgehead atoms. The molecule has 1 aromatic rings. The first kappa shape index (κ1) is 15.3. The third-order valence-electron chi connectivity index (χ3n) is 2.43. The number of hydrogen-bond donors (Lipinski definition) is 0. The number of ether oxygens (including phenoxy) is 1. The van der Waals surface area contributed by atoms with E-state index in [1.54, 1.807) is 12.5 Å². The molecule has 0 atom stereocenters. The Bertz CT molecular complexity index is 407. The maximum absolute atomic E-state index is 11.8. The van der Waals surface area contributed by atoms with E-state index in [0.29, 0.717) is 12.8 Å². The average molecular weight is 276 g/mol. The van der Waals surface area contributed by atoms with Gasteiger partial charge in [0, 0.05) is 5.57 Å². The number of aryl methyl sites for hydroxylation is 1. The van der Waals surface area contributed by atoms with Crippen molar-refractivity contribution in [1.29, 1.82) is 0 Å². The largest absolute Gasteiger partial charge is 0.472 e. The molecule has 0 aliphatic rings. The van der Waals surface area contributed by atoms with E-state index in [2.05, 4.69) is 11.3 Å². The van der Waals surface area contributed by atoms with Gasteiger partial charge in [0.2, 0.25) is 0 Å². The average Bonchev–Trinajstić information content (AvgIpc) is 2.83. The van der Waals surface area contributed by atoms with Gasteiger partial charge < -0.3 is 9.15 Å². The van der Waals surface area contributed by atoms with E-state index in [1.807, 2.05) is 6.07 Å². The number of esters is 1. The summed E-state index contributed by atoms with van der Waals surface area (Å²) in [7, 11) is 0. The highest BCUT2D eigenvalue weighted by Crippen LogP contribution is 2.16. The molecule has 1 rings (SSSR count). The molecule has 0 fully saturated rings. The molecule has 6 heteroatoms. The number of unbranched alkanes of at least 4 members (excludes halogenated alkanes) is 1. The van der Waals surface area contributed by atoms with Gasteiger partial charge in [-0.25, -0.2) is 4.79 Å². The van der Waals surface area contributed by atoms with Gasteiger partial charge in [-0.15, -0.1) is 0 Å². The lowest BCUT2D eigenvalue weighted by Gasteiger charge is -2.09. The predicted molar refractivity (Wildman–Crippen MR) is 62.4 cm³/mol. The lowest BCUT2D eigenvalue weighted by atomic mass is 10.1. The Morgan fingerprint density at radius 1 is 1.37 bits per heavy atom. The number of alkyl halides is 3. The van der Waals surface area contributed by atoms with Crippen LogP contribution < -0.4 is 0 Å². The van der Waals surface area contributed by atoms with Crippen molar-refractivity contribution in [3.8, 4) is 0 Å². The van der Waals surface area contributed by atoms with Gasteiger partial charge in [0.1, 0.15) is 0 Å². The van der Waals surface area contributed by atoms with E-state index < -0.39 is 18.8 Å². The third-order valence-corrected chi connectivity index (χ3v) is 2.43. The van der Waals surface area contributed by atoms with Crippen molar-refractivity contribution in [2.24, 2.45) is 0 Å². The molecule has 0 spiro atoms. The number of carbonyl (C=O) groups is 1. The summed E-state index contributed by atoms with van der Waals surface area (Å²) in [6, 6.07) is 1.84. The summed E-state index contributed by atoms with van der Waals surface area (Å²) < 4.78 is 44.5. The summed E-state index contributed by atoms with van der Waals surface area (Å²) in [5, 5.41) is 0. The van der Waals surface area contributed by atoms with Gasteiger partial charge in [0.15, 0.2) is 6.61 Å². The van der Waals surface area contributed by atoms with E-state index >= 15 is 0 Å². The number of furan rings is 1. The fourth-order valence-electron chi connectivity index (χ4n) is 1.45. The number of rotatable bonds is 7. The molecule has 0 saturated carbocycles. The molecule has 0 unspecified atom stereocenters. The SMILES string of the molecule is C=C(CCCCc1ccoc1)C(=O)OCC(F)(F)F. The van der Waals surface area contributed by atoms with Crippen LogP contribution >= 0.6 is 0 Å². The first-order valence-electron chi connectivity index (χ1n) is 5.81. The standard InChI is InChI=1S/C13H15F3O3/c1-10(12(17)19-9-13(14,15)16)4-2-3-5-11-6-7-18-8-11/h6-8H,1-5,9H2. The summed E-state index contributed by atoms with van der Waals surface area (Å²) >= 11 is 0. The third kappa shape index (κ3) is 6.69. The second-order valence-corrected chi connectivity index (χ2v) is 4.13. The summed E-state index contributed by atoms with van der Waals surface area (Å²) in [5.74, 6) is -0.986. The molecule has 106 valence electrons. The number of carbonyl (C=O) groups excluding carboxylic acids is 1. The Kier molecular flexibility index (Phi) is 5.66. The van der Waals surface area contributed by atoms with Crippen LogP contribution in [0.2, 0.25) is 0 Å². The van der Waals surface area contributed by atoms with Crippen LogP contribution in [0.25, 0.3) is 0 Å². The molecule has 0 amide bonds. The van der Waals surface area contributed by atoms with Crippen LogP contribution in [0.5, 0.6) is 0 Å². The van der Waals surface area contributed by atoms with Crippen molar-refractivity contribution in [3.05, 3.63) is 36.3 Å². The Hall–Kier alpha value is -1.72. The van der Waals surface area contributed by atoms with E-state index in [4.69, 9.17) is 4.42 Å². The van der Waals surface area contributed by atoms with Crippen LogP contribution in [0, 0.1) is 0 Å². The van der Waals surface area contributed by atoms with Gasteiger partial charge in [-0.2, -0.15) is 13.2 Å². The molecule has 0 aliphatic carbocycles.